The molecule has 2 heterocycles. The first kappa shape index (κ1) is 16.4. The van der Waals surface area contributed by atoms with Crippen molar-refractivity contribution in [3.63, 3.8) is 0 Å². The Hall–Kier alpha value is -3.42. The number of hydrogen-bond donors (Lipinski definition) is 2. The number of benzene rings is 1. The van der Waals surface area contributed by atoms with Crippen LogP contribution in [0, 0.1) is 0 Å². The summed E-state index contributed by atoms with van der Waals surface area (Å²) in [6.07, 6.45) is 5.00. The molecule has 0 aliphatic heterocycles. The molecule has 8 nitrogen and oxygen atoms in total. The summed E-state index contributed by atoms with van der Waals surface area (Å²) in [5, 5.41) is 5.59. The summed E-state index contributed by atoms with van der Waals surface area (Å²) in [5.74, 6) is -0.601. The molecule has 3 rings (SSSR count). The molecule has 2 N–H and O–H groups in total. The third-order valence-electron chi connectivity index (χ3n) is 3.61. The van der Waals surface area contributed by atoms with Crippen LogP contribution >= 0.6 is 0 Å². The van der Waals surface area contributed by atoms with E-state index in [1.807, 2.05) is 31.2 Å². The van der Waals surface area contributed by atoms with Crippen LogP contribution in [0.25, 0.3) is 0 Å². The Morgan fingerprint density at radius 1 is 1.00 bits per heavy atom. The van der Waals surface area contributed by atoms with E-state index >= 15 is 0 Å². The summed E-state index contributed by atoms with van der Waals surface area (Å²) in [7, 11) is 0. The third-order valence-corrected chi connectivity index (χ3v) is 3.61. The Morgan fingerprint density at radius 3 is 2.16 bits per heavy atom. The lowest BCUT2D eigenvalue weighted by Gasteiger charge is -2.14. The van der Waals surface area contributed by atoms with Crippen molar-refractivity contribution in [2.24, 2.45) is 0 Å². The second kappa shape index (κ2) is 7.43. The molecule has 3 aromatic rings. The zero-order valence-electron chi connectivity index (χ0n) is 13.4. The van der Waals surface area contributed by atoms with Gasteiger partial charge in [-0.1, -0.05) is 24.3 Å². The zero-order valence-corrected chi connectivity index (χ0v) is 13.4. The molecule has 128 valence electrons. The van der Waals surface area contributed by atoms with Crippen LogP contribution in [0.1, 0.15) is 45.1 Å². The molecule has 1 unspecified atom stereocenters. The lowest BCUT2D eigenvalue weighted by atomic mass is 10.1. The predicted molar refractivity (Wildman–Crippen MR) is 86.5 cm³/mol. The van der Waals surface area contributed by atoms with E-state index in [1.54, 1.807) is 0 Å². The van der Waals surface area contributed by atoms with Crippen LogP contribution in [0.5, 0.6) is 0 Å². The average Bonchev–Trinajstić information content (AvgIpc) is 3.33. The van der Waals surface area contributed by atoms with Gasteiger partial charge in [0.05, 0.1) is 6.04 Å². The SMILES string of the molecule is CC(NC(=O)c1cocn1)c1ccc(CNC(=O)c2cocn2)cc1. The third kappa shape index (κ3) is 4.11. The molecule has 0 saturated carbocycles. The van der Waals surface area contributed by atoms with Crippen molar-refractivity contribution in [3.05, 3.63) is 72.1 Å². The lowest BCUT2D eigenvalue weighted by molar-refractivity contribution is 0.0930. The standard InChI is InChI=1S/C17H16N4O4/c1-11(21-17(23)15-8-25-10-20-15)13-4-2-12(3-5-13)6-18-16(22)14-7-24-9-19-14/h2-5,7-11H,6H2,1H3,(H,18,22)(H,21,23). The molecular formula is C17H16N4O4. The normalized spacial score (nSPS) is 11.7. The molecule has 0 aliphatic carbocycles. The summed E-state index contributed by atoms with van der Waals surface area (Å²) in [5.41, 5.74) is 2.33. The summed E-state index contributed by atoms with van der Waals surface area (Å²) < 4.78 is 9.57. The summed E-state index contributed by atoms with van der Waals surface area (Å²) in [6.45, 7) is 2.24. The first-order valence-electron chi connectivity index (χ1n) is 7.58. The molecule has 2 aromatic heterocycles. The van der Waals surface area contributed by atoms with Crippen LogP contribution in [-0.2, 0) is 6.54 Å². The summed E-state index contributed by atoms with van der Waals surface area (Å²) >= 11 is 0. The number of nitrogens with zero attached hydrogens (tertiary/aromatic N) is 2. The van der Waals surface area contributed by atoms with Crippen molar-refractivity contribution in [3.8, 4) is 0 Å². The number of hydrogen-bond acceptors (Lipinski definition) is 6. The average molecular weight is 340 g/mol. The number of nitrogens with one attached hydrogen (secondary N) is 2. The van der Waals surface area contributed by atoms with Gasteiger partial charge in [-0.25, -0.2) is 9.97 Å². The van der Waals surface area contributed by atoms with E-state index < -0.39 is 0 Å². The van der Waals surface area contributed by atoms with Crippen LogP contribution < -0.4 is 10.6 Å². The second-order valence-electron chi connectivity index (χ2n) is 5.37. The first-order valence-corrected chi connectivity index (χ1v) is 7.58. The smallest absolute Gasteiger partial charge is 0.273 e. The molecule has 25 heavy (non-hydrogen) atoms. The maximum absolute atomic E-state index is 12.0. The minimum absolute atomic E-state index is 0.192. The van der Waals surface area contributed by atoms with E-state index in [-0.39, 0.29) is 29.2 Å². The van der Waals surface area contributed by atoms with Crippen LogP contribution in [0.3, 0.4) is 0 Å². The van der Waals surface area contributed by atoms with Crippen molar-refractivity contribution < 1.29 is 18.4 Å². The molecule has 0 bridgehead atoms. The highest BCUT2D eigenvalue weighted by atomic mass is 16.3. The molecular weight excluding hydrogens is 324 g/mol. The molecule has 8 heteroatoms. The van der Waals surface area contributed by atoms with E-state index in [0.29, 0.717) is 6.54 Å². The zero-order chi connectivity index (χ0) is 17.6. The summed E-state index contributed by atoms with van der Waals surface area (Å²) in [4.78, 5) is 31.3. The number of rotatable bonds is 6. The van der Waals surface area contributed by atoms with Crippen molar-refractivity contribution in [2.75, 3.05) is 0 Å². The highest BCUT2D eigenvalue weighted by Crippen LogP contribution is 2.14. The van der Waals surface area contributed by atoms with Gasteiger partial charge in [0.15, 0.2) is 24.2 Å². The maximum atomic E-state index is 12.0. The van der Waals surface area contributed by atoms with Gasteiger partial charge in [0.25, 0.3) is 11.8 Å². The van der Waals surface area contributed by atoms with E-state index in [4.69, 9.17) is 8.83 Å². The summed E-state index contributed by atoms with van der Waals surface area (Å²) in [6, 6.07) is 7.37. The molecule has 0 radical (unpaired) electrons. The van der Waals surface area contributed by atoms with E-state index in [2.05, 4.69) is 20.6 Å². The fraction of sp³-hybridized carbons (Fsp3) is 0.176. The van der Waals surface area contributed by atoms with Crippen LogP contribution in [-0.4, -0.2) is 21.8 Å². The Kier molecular flexibility index (Phi) is 4.89. The molecule has 0 fully saturated rings. The van der Waals surface area contributed by atoms with Crippen molar-refractivity contribution in [1.29, 1.82) is 0 Å². The number of oxazole rings is 2. The van der Waals surface area contributed by atoms with Crippen LogP contribution in [0.15, 0.2) is 58.4 Å². The first-order chi connectivity index (χ1) is 12.1. The maximum Gasteiger partial charge on any atom is 0.273 e. The second-order valence-corrected chi connectivity index (χ2v) is 5.37. The van der Waals surface area contributed by atoms with E-state index in [9.17, 15) is 9.59 Å². The highest BCUT2D eigenvalue weighted by molar-refractivity contribution is 5.92. The minimum atomic E-state index is -0.301. The monoisotopic (exact) mass is 340 g/mol. The molecule has 2 amide bonds. The number of aromatic nitrogens is 2. The Morgan fingerprint density at radius 2 is 1.60 bits per heavy atom. The quantitative estimate of drug-likeness (QED) is 0.711. The topological polar surface area (TPSA) is 110 Å². The number of carbonyl (C=O) groups is 2. The largest absolute Gasteiger partial charge is 0.451 e. The van der Waals surface area contributed by atoms with Gasteiger partial charge in [-0.15, -0.1) is 0 Å². The van der Waals surface area contributed by atoms with E-state index in [1.165, 1.54) is 25.3 Å². The van der Waals surface area contributed by atoms with Gasteiger partial charge >= 0.3 is 0 Å². The van der Waals surface area contributed by atoms with Gasteiger partial charge in [0.1, 0.15) is 12.5 Å². The van der Waals surface area contributed by atoms with Crippen LogP contribution in [0.4, 0.5) is 0 Å². The van der Waals surface area contributed by atoms with Gasteiger partial charge in [-0.3, -0.25) is 9.59 Å². The highest BCUT2D eigenvalue weighted by Gasteiger charge is 2.13. The van der Waals surface area contributed by atoms with Gasteiger partial charge in [0, 0.05) is 6.54 Å². The van der Waals surface area contributed by atoms with Gasteiger partial charge in [0.2, 0.25) is 0 Å². The lowest BCUT2D eigenvalue weighted by Crippen LogP contribution is -2.27. The minimum Gasteiger partial charge on any atom is -0.451 e. The van der Waals surface area contributed by atoms with Gasteiger partial charge in [-0.2, -0.15) is 0 Å². The fourth-order valence-corrected chi connectivity index (χ4v) is 2.20. The van der Waals surface area contributed by atoms with Crippen molar-refractivity contribution in [2.45, 2.75) is 19.5 Å². The molecule has 0 spiro atoms. The number of carbonyl (C=O) groups excluding carboxylic acids is 2. The molecule has 0 aliphatic rings. The van der Waals surface area contributed by atoms with Crippen molar-refractivity contribution >= 4 is 11.8 Å². The fourth-order valence-electron chi connectivity index (χ4n) is 2.20. The number of amides is 2. The van der Waals surface area contributed by atoms with E-state index in [0.717, 1.165) is 11.1 Å². The Bertz CT molecular complexity index is 826. The van der Waals surface area contributed by atoms with Crippen molar-refractivity contribution in [1.82, 2.24) is 20.6 Å². The molecule has 0 saturated heterocycles. The molecule has 1 aromatic carbocycles. The van der Waals surface area contributed by atoms with Crippen LogP contribution in [0.2, 0.25) is 0 Å². The predicted octanol–water partition coefficient (Wildman–Crippen LogP) is 2.08. The van der Waals surface area contributed by atoms with Gasteiger partial charge in [-0.05, 0) is 18.1 Å². The Balaban J connectivity index is 1.54. The molecule has 1 atom stereocenters. The Labute approximate surface area is 143 Å². The van der Waals surface area contributed by atoms with Gasteiger partial charge < -0.3 is 19.5 Å².